The lowest BCUT2D eigenvalue weighted by molar-refractivity contribution is -0.132. The predicted octanol–water partition coefficient (Wildman–Crippen LogP) is 2.13. The highest BCUT2D eigenvalue weighted by molar-refractivity contribution is 5.76. The number of ether oxygens (including phenoxy) is 1. The zero-order valence-electron chi connectivity index (χ0n) is 15.5. The van der Waals surface area contributed by atoms with E-state index in [1.54, 1.807) is 19.5 Å². The molecular weight excluding hydrogens is 334 g/mol. The van der Waals surface area contributed by atoms with Crippen molar-refractivity contribution in [2.45, 2.75) is 45.6 Å². The van der Waals surface area contributed by atoms with Crippen LogP contribution in [0.15, 0.2) is 16.9 Å². The first-order valence-corrected chi connectivity index (χ1v) is 8.89. The third kappa shape index (κ3) is 4.12. The summed E-state index contributed by atoms with van der Waals surface area (Å²) in [7, 11) is 1.58. The first-order valence-electron chi connectivity index (χ1n) is 8.89. The smallest absolute Gasteiger partial charge is 0.257 e. The van der Waals surface area contributed by atoms with Crippen molar-refractivity contribution in [2.75, 3.05) is 25.5 Å². The van der Waals surface area contributed by atoms with Crippen LogP contribution in [-0.2, 0) is 11.2 Å². The van der Waals surface area contributed by atoms with E-state index >= 15 is 0 Å². The Kier molecular flexibility index (Phi) is 5.70. The van der Waals surface area contributed by atoms with E-state index in [4.69, 9.17) is 9.26 Å². The zero-order valence-corrected chi connectivity index (χ0v) is 15.5. The van der Waals surface area contributed by atoms with E-state index in [0.717, 1.165) is 42.9 Å². The van der Waals surface area contributed by atoms with Crippen molar-refractivity contribution in [3.63, 3.8) is 0 Å². The highest BCUT2D eigenvalue weighted by Crippen LogP contribution is 2.22. The highest BCUT2D eigenvalue weighted by atomic mass is 16.5. The summed E-state index contributed by atoms with van der Waals surface area (Å²) in [6.45, 7) is 5.27. The minimum atomic E-state index is 0.181. The molecule has 0 aliphatic carbocycles. The van der Waals surface area contributed by atoms with Crippen LogP contribution >= 0.6 is 0 Å². The minimum absolute atomic E-state index is 0.181. The summed E-state index contributed by atoms with van der Waals surface area (Å²) in [4.78, 5) is 22.9. The fourth-order valence-corrected chi connectivity index (χ4v) is 3.29. The summed E-state index contributed by atoms with van der Waals surface area (Å²) in [6.07, 6.45) is 6.14. The van der Waals surface area contributed by atoms with E-state index in [1.165, 1.54) is 0 Å². The highest BCUT2D eigenvalue weighted by Gasteiger charge is 2.24. The van der Waals surface area contributed by atoms with Crippen LogP contribution in [0.25, 0.3) is 0 Å². The fourth-order valence-electron chi connectivity index (χ4n) is 3.29. The molecule has 0 bridgehead atoms. The molecule has 2 aromatic rings. The number of anilines is 1. The van der Waals surface area contributed by atoms with Crippen molar-refractivity contribution in [2.24, 2.45) is 0 Å². The first-order chi connectivity index (χ1) is 12.6. The molecule has 2 aromatic heterocycles. The van der Waals surface area contributed by atoms with Crippen molar-refractivity contribution in [1.82, 2.24) is 20.0 Å². The number of methoxy groups -OCH3 is 1. The summed E-state index contributed by atoms with van der Waals surface area (Å²) in [5.41, 5.74) is 1.92. The van der Waals surface area contributed by atoms with E-state index in [9.17, 15) is 4.79 Å². The number of aromatic nitrogens is 3. The summed E-state index contributed by atoms with van der Waals surface area (Å²) in [5.74, 6) is 2.13. The second-order valence-corrected chi connectivity index (χ2v) is 6.52. The second-order valence-electron chi connectivity index (χ2n) is 6.52. The molecule has 8 nitrogen and oxygen atoms in total. The quantitative estimate of drug-likeness (QED) is 0.844. The lowest BCUT2D eigenvalue weighted by Gasteiger charge is -2.32. The normalized spacial score (nSPS) is 15.1. The SMILES string of the molecule is COc1nccnc1NC1CCN(C(=O)CCc2c(C)noc2C)CC1. The number of likely N-dealkylation sites (tertiary alicyclic amines) is 1. The number of hydrogen-bond acceptors (Lipinski definition) is 7. The third-order valence-electron chi connectivity index (χ3n) is 4.82. The molecule has 1 saturated heterocycles. The van der Waals surface area contributed by atoms with Gasteiger partial charge >= 0.3 is 0 Å². The van der Waals surface area contributed by atoms with Gasteiger partial charge in [-0.1, -0.05) is 5.16 Å². The number of carbonyl (C=O) groups excluding carboxylic acids is 1. The average Bonchev–Trinajstić information content (AvgIpc) is 2.98. The van der Waals surface area contributed by atoms with Crippen LogP contribution in [0.1, 0.15) is 36.3 Å². The Balaban J connectivity index is 1.48. The molecule has 140 valence electrons. The van der Waals surface area contributed by atoms with Gasteiger partial charge in [-0.15, -0.1) is 0 Å². The van der Waals surface area contributed by atoms with Gasteiger partial charge in [0, 0.05) is 43.5 Å². The van der Waals surface area contributed by atoms with Crippen LogP contribution in [0.3, 0.4) is 0 Å². The first kappa shape index (κ1) is 18.2. The zero-order chi connectivity index (χ0) is 18.5. The number of hydrogen-bond donors (Lipinski definition) is 1. The van der Waals surface area contributed by atoms with Crippen LogP contribution < -0.4 is 10.1 Å². The fraction of sp³-hybridized carbons (Fsp3) is 0.556. The molecule has 3 rings (SSSR count). The molecule has 0 unspecified atom stereocenters. The molecule has 0 saturated carbocycles. The van der Waals surface area contributed by atoms with Crippen molar-refractivity contribution in [3.8, 4) is 5.88 Å². The van der Waals surface area contributed by atoms with Crippen LogP contribution in [0.4, 0.5) is 5.82 Å². The number of carbonyl (C=O) groups is 1. The van der Waals surface area contributed by atoms with E-state index in [0.29, 0.717) is 24.5 Å². The van der Waals surface area contributed by atoms with Crippen molar-refractivity contribution >= 4 is 11.7 Å². The largest absolute Gasteiger partial charge is 0.478 e. The Morgan fingerprint density at radius 3 is 2.69 bits per heavy atom. The lowest BCUT2D eigenvalue weighted by Crippen LogP contribution is -2.42. The standard InChI is InChI=1S/C18H25N5O3/c1-12-15(13(2)26-22-12)4-5-16(24)23-10-6-14(7-11-23)21-17-18(25-3)20-9-8-19-17/h8-9,14H,4-7,10-11H2,1-3H3,(H,19,21). The van der Waals surface area contributed by atoms with E-state index in [-0.39, 0.29) is 11.9 Å². The van der Waals surface area contributed by atoms with Crippen LogP contribution in [0.2, 0.25) is 0 Å². The molecule has 8 heteroatoms. The van der Waals surface area contributed by atoms with Gasteiger partial charge in [0.15, 0.2) is 5.82 Å². The Morgan fingerprint density at radius 1 is 1.31 bits per heavy atom. The maximum Gasteiger partial charge on any atom is 0.257 e. The summed E-state index contributed by atoms with van der Waals surface area (Å²) in [6, 6.07) is 0.257. The molecule has 26 heavy (non-hydrogen) atoms. The second kappa shape index (κ2) is 8.16. The van der Waals surface area contributed by atoms with E-state index < -0.39 is 0 Å². The molecule has 0 aromatic carbocycles. The maximum atomic E-state index is 12.5. The lowest BCUT2D eigenvalue weighted by atomic mass is 10.0. The number of nitrogens with one attached hydrogen (secondary N) is 1. The van der Waals surface area contributed by atoms with E-state index in [2.05, 4.69) is 20.4 Å². The van der Waals surface area contributed by atoms with Gasteiger partial charge in [0.2, 0.25) is 5.91 Å². The van der Waals surface area contributed by atoms with Gasteiger partial charge in [0.05, 0.1) is 12.8 Å². The van der Waals surface area contributed by atoms with Crippen molar-refractivity contribution in [1.29, 1.82) is 0 Å². The van der Waals surface area contributed by atoms with Gasteiger partial charge in [0.25, 0.3) is 5.88 Å². The van der Waals surface area contributed by atoms with Crippen LogP contribution in [0.5, 0.6) is 5.88 Å². The van der Waals surface area contributed by atoms with Gasteiger partial charge in [-0.2, -0.15) is 0 Å². The Bertz CT molecular complexity index is 734. The molecule has 3 heterocycles. The summed E-state index contributed by atoms with van der Waals surface area (Å²) >= 11 is 0. The molecule has 1 amide bonds. The Hall–Kier alpha value is -2.64. The molecule has 1 N–H and O–H groups in total. The number of piperidine rings is 1. The van der Waals surface area contributed by atoms with Crippen LogP contribution in [-0.4, -0.2) is 52.2 Å². The van der Waals surface area contributed by atoms with Gasteiger partial charge in [-0.05, 0) is 33.1 Å². The van der Waals surface area contributed by atoms with Gasteiger partial charge < -0.3 is 19.5 Å². The van der Waals surface area contributed by atoms with Crippen LogP contribution in [0, 0.1) is 13.8 Å². The van der Waals surface area contributed by atoms with Gasteiger partial charge in [-0.25, -0.2) is 9.97 Å². The maximum absolute atomic E-state index is 12.5. The molecule has 1 aliphatic rings. The minimum Gasteiger partial charge on any atom is -0.478 e. The molecule has 0 spiro atoms. The molecular formula is C18H25N5O3. The number of rotatable bonds is 6. The molecule has 1 aliphatic heterocycles. The predicted molar refractivity (Wildman–Crippen MR) is 96.1 cm³/mol. The van der Waals surface area contributed by atoms with Gasteiger partial charge in [0.1, 0.15) is 5.76 Å². The topological polar surface area (TPSA) is 93.4 Å². The monoisotopic (exact) mass is 359 g/mol. The third-order valence-corrected chi connectivity index (χ3v) is 4.82. The average molecular weight is 359 g/mol. The molecule has 1 fully saturated rings. The molecule has 0 radical (unpaired) electrons. The van der Waals surface area contributed by atoms with Crippen molar-refractivity contribution < 1.29 is 14.1 Å². The molecule has 0 atom stereocenters. The summed E-state index contributed by atoms with van der Waals surface area (Å²) < 4.78 is 10.4. The number of nitrogens with zero attached hydrogens (tertiary/aromatic N) is 4. The number of aryl methyl sites for hydroxylation is 2. The van der Waals surface area contributed by atoms with Gasteiger partial charge in [-0.3, -0.25) is 4.79 Å². The Labute approximate surface area is 152 Å². The van der Waals surface area contributed by atoms with E-state index in [1.807, 2.05) is 18.7 Å². The Morgan fingerprint density at radius 2 is 2.04 bits per heavy atom. The number of amides is 1. The van der Waals surface area contributed by atoms with Crippen molar-refractivity contribution in [3.05, 3.63) is 29.4 Å². The summed E-state index contributed by atoms with van der Waals surface area (Å²) in [5, 5.41) is 7.31.